The summed E-state index contributed by atoms with van der Waals surface area (Å²) in [7, 11) is 0. The van der Waals surface area contributed by atoms with Gasteiger partial charge in [0.25, 0.3) is 0 Å². The van der Waals surface area contributed by atoms with Crippen LogP contribution in [0, 0.1) is 0 Å². The predicted octanol–water partition coefficient (Wildman–Crippen LogP) is 2.30. The third-order valence-electron chi connectivity index (χ3n) is 3.84. The fraction of sp³-hybridized carbons (Fsp3) is 0.467. The summed E-state index contributed by atoms with van der Waals surface area (Å²) in [6, 6.07) is 8.57. The first-order valence-corrected chi connectivity index (χ1v) is 6.80. The number of nitrogens with zero attached hydrogens (tertiary/aromatic N) is 1. The molecule has 1 aliphatic rings. The van der Waals surface area contributed by atoms with Gasteiger partial charge in [0, 0.05) is 36.3 Å². The van der Waals surface area contributed by atoms with Gasteiger partial charge < -0.3 is 10.1 Å². The molecule has 0 bridgehead atoms. The number of hydrogen-bond donors (Lipinski definition) is 2. The molecule has 2 N–H and O–H groups in total. The minimum absolute atomic E-state index is 0.311. The molecule has 0 spiro atoms. The number of hydrogen-bond acceptors (Lipinski definition) is 2. The average Bonchev–Trinajstić information content (AvgIpc) is 2.76. The van der Waals surface area contributed by atoms with Crippen molar-refractivity contribution in [2.24, 2.45) is 0 Å². The molecule has 2 aromatic rings. The maximum atomic E-state index is 8.82. The molecule has 1 aliphatic heterocycles. The van der Waals surface area contributed by atoms with Gasteiger partial charge in [-0.15, -0.1) is 0 Å². The largest absolute Gasteiger partial charge is 0.396 e. The molecule has 0 unspecified atom stereocenters. The second-order valence-corrected chi connectivity index (χ2v) is 5.08. The quantitative estimate of drug-likeness (QED) is 0.810. The molecular weight excluding hydrogens is 224 g/mol. The number of aromatic amines is 1. The fourth-order valence-electron chi connectivity index (χ4n) is 2.89. The molecule has 1 aromatic heterocycles. The number of benzene rings is 1. The van der Waals surface area contributed by atoms with Crippen molar-refractivity contribution in [3.8, 4) is 0 Å². The van der Waals surface area contributed by atoms with Crippen LogP contribution in [0.25, 0.3) is 10.9 Å². The lowest BCUT2D eigenvalue weighted by molar-refractivity contribution is 0.227. The van der Waals surface area contributed by atoms with Gasteiger partial charge >= 0.3 is 0 Å². The van der Waals surface area contributed by atoms with Gasteiger partial charge in [-0.3, -0.25) is 4.90 Å². The van der Waals surface area contributed by atoms with Crippen LogP contribution < -0.4 is 0 Å². The predicted molar refractivity (Wildman–Crippen MR) is 73.6 cm³/mol. The van der Waals surface area contributed by atoms with E-state index >= 15 is 0 Å². The molecular formula is C15H20N2O. The third-order valence-corrected chi connectivity index (χ3v) is 3.84. The molecule has 0 atom stereocenters. The summed E-state index contributed by atoms with van der Waals surface area (Å²) in [5.41, 5.74) is 4.15. The molecule has 18 heavy (non-hydrogen) atoms. The van der Waals surface area contributed by atoms with Crippen LogP contribution in [-0.2, 0) is 13.0 Å². The van der Waals surface area contributed by atoms with E-state index in [-0.39, 0.29) is 0 Å². The van der Waals surface area contributed by atoms with E-state index in [1.807, 2.05) is 0 Å². The van der Waals surface area contributed by atoms with Crippen molar-refractivity contribution >= 4 is 10.9 Å². The first-order chi connectivity index (χ1) is 8.88. The maximum Gasteiger partial charge on any atom is 0.0459 e. The smallest absolute Gasteiger partial charge is 0.0459 e. The Labute approximate surface area is 107 Å². The van der Waals surface area contributed by atoms with E-state index in [4.69, 9.17) is 5.11 Å². The van der Waals surface area contributed by atoms with E-state index in [0.717, 1.165) is 38.9 Å². The molecule has 0 saturated heterocycles. The average molecular weight is 244 g/mol. The van der Waals surface area contributed by atoms with E-state index in [9.17, 15) is 0 Å². The number of aliphatic hydroxyl groups excluding tert-OH is 1. The lowest BCUT2D eigenvalue weighted by Gasteiger charge is -2.26. The van der Waals surface area contributed by atoms with Crippen molar-refractivity contribution in [3.63, 3.8) is 0 Å². The molecule has 0 aliphatic carbocycles. The first kappa shape index (κ1) is 11.8. The number of H-pyrrole nitrogens is 1. The zero-order valence-corrected chi connectivity index (χ0v) is 10.7. The minimum atomic E-state index is 0.311. The fourth-order valence-corrected chi connectivity index (χ4v) is 2.89. The Bertz CT molecular complexity index is 532. The van der Waals surface area contributed by atoms with Crippen molar-refractivity contribution in [1.82, 2.24) is 9.88 Å². The van der Waals surface area contributed by atoms with Crippen LogP contribution in [0.5, 0.6) is 0 Å². The molecule has 3 rings (SSSR count). The van der Waals surface area contributed by atoms with Gasteiger partial charge in [0.15, 0.2) is 0 Å². The molecule has 3 heteroatoms. The Morgan fingerprint density at radius 2 is 2.11 bits per heavy atom. The standard InChI is InChI=1S/C15H20N2O/c18-10-4-3-8-17-9-7-13-12-5-1-2-6-14(12)16-15(13)11-17/h1-2,5-6,16,18H,3-4,7-11H2. The first-order valence-electron chi connectivity index (χ1n) is 6.80. The Hall–Kier alpha value is -1.32. The number of rotatable bonds is 4. The Morgan fingerprint density at radius 3 is 3.00 bits per heavy atom. The number of nitrogens with one attached hydrogen (secondary N) is 1. The van der Waals surface area contributed by atoms with Crippen molar-refractivity contribution in [2.45, 2.75) is 25.8 Å². The van der Waals surface area contributed by atoms with Gasteiger partial charge in [0.05, 0.1) is 0 Å². The minimum Gasteiger partial charge on any atom is -0.396 e. The SMILES string of the molecule is OCCCCN1CCc2c([nH]c3ccccc23)C1. The summed E-state index contributed by atoms with van der Waals surface area (Å²) in [4.78, 5) is 6.02. The summed E-state index contributed by atoms with van der Waals surface area (Å²) in [5.74, 6) is 0. The van der Waals surface area contributed by atoms with E-state index < -0.39 is 0 Å². The number of aromatic nitrogens is 1. The van der Waals surface area contributed by atoms with Crippen LogP contribution in [0.1, 0.15) is 24.1 Å². The van der Waals surface area contributed by atoms with Gasteiger partial charge in [-0.1, -0.05) is 18.2 Å². The van der Waals surface area contributed by atoms with Crippen molar-refractivity contribution in [3.05, 3.63) is 35.5 Å². The van der Waals surface area contributed by atoms with Gasteiger partial charge in [0.2, 0.25) is 0 Å². The number of fused-ring (bicyclic) bond motifs is 3. The number of para-hydroxylation sites is 1. The molecule has 1 aromatic carbocycles. The zero-order chi connectivity index (χ0) is 12.4. The van der Waals surface area contributed by atoms with Crippen LogP contribution in [0.15, 0.2) is 24.3 Å². The molecule has 3 nitrogen and oxygen atoms in total. The topological polar surface area (TPSA) is 39.3 Å². The Balaban J connectivity index is 1.76. The van der Waals surface area contributed by atoms with E-state index in [1.165, 1.54) is 22.2 Å². The summed E-state index contributed by atoms with van der Waals surface area (Å²) in [5, 5.41) is 10.2. The van der Waals surface area contributed by atoms with E-state index in [2.05, 4.69) is 34.1 Å². The Kier molecular flexibility index (Phi) is 3.35. The molecule has 0 amide bonds. The normalized spacial score (nSPS) is 16.1. The van der Waals surface area contributed by atoms with Gasteiger partial charge in [0.1, 0.15) is 0 Å². The van der Waals surface area contributed by atoms with Crippen molar-refractivity contribution < 1.29 is 5.11 Å². The third kappa shape index (κ3) is 2.16. The highest BCUT2D eigenvalue weighted by molar-refractivity contribution is 5.84. The van der Waals surface area contributed by atoms with Gasteiger partial charge in [-0.25, -0.2) is 0 Å². The summed E-state index contributed by atoms with van der Waals surface area (Å²) in [6.07, 6.45) is 3.14. The second-order valence-electron chi connectivity index (χ2n) is 5.08. The summed E-state index contributed by atoms with van der Waals surface area (Å²) < 4.78 is 0. The highest BCUT2D eigenvalue weighted by atomic mass is 16.2. The van der Waals surface area contributed by atoms with Crippen molar-refractivity contribution in [1.29, 1.82) is 0 Å². The van der Waals surface area contributed by atoms with E-state index in [1.54, 1.807) is 0 Å². The van der Waals surface area contributed by atoms with Crippen LogP contribution in [-0.4, -0.2) is 34.7 Å². The molecule has 2 heterocycles. The van der Waals surface area contributed by atoms with Gasteiger partial charge in [-0.2, -0.15) is 0 Å². The number of unbranched alkanes of at least 4 members (excludes halogenated alkanes) is 1. The van der Waals surface area contributed by atoms with Gasteiger partial charge in [-0.05, 0) is 37.4 Å². The number of aliphatic hydroxyl groups is 1. The Morgan fingerprint density at radius 1 is 1.22 bits per heavy atom. The van der Waals surface area contributed by atoms with Crippen LogP contribution >= 0.6 is 0 Å². The molecule has 0 saturated carbocycles. The molecule has 0 fully saturated rings. The van der Waals surface area contributed by atoms with E-state index in [0.29, 0.717) is 6.61 Å². The van der Waals surface area contributed by atoms with Crippen LogP contribution in [0.2, 0.25) is 0 Å². The van der Waals surface area contributed by atoms with Crippen LogP contribution in [0.3, 0.4) is 0 Å². The molecule has 96 valence electrons. The monoisotopic (exact) mass is 244 g/mol. The lowest BCUT2D eigenvalue weighted by atomic mass is 10.0. The van der Waals surface area contributed by atoms with Crippen LogP contribution in [0.4, 0.5) is 0 Å². The molecule has 0 radical (unpaired) electrons. The maximum absolute atomic E-state index is 8.82. The highest BCUT2D eigenvalue weighted by Gasteiger charge is 2.19. The summed E-state index contributed by atoms with van der Waals surface area (Å²) in [6.45, 7) is 3.57. The van der Waals surface area contributed by atoms with Crippen molar-refractivity contribution in [2.75, 3.05) is 19.7 Å². The zero-order valence-electron chi connectivity index (χ0n) is 10.7. The lowest BCUT2D eigenvalue weighted by Crippen LogP contribution is -2.31. The summed E-state index contributed by atoms with van der Waals surface area (Å²) >= 11 is 0. The highest BCUT2D eigenvalue weighted by Crippen LogP contribution is 2.27. The second kappa shape index (κ2) is 5.12.